The summed E-state index contributed by atoms with van der Waals surface area (Å²) in [6.45, 7) is 0.377. The highest BCUT2D eigenvalue weighted by Gasteiger charge is 2.05. The Bertz CT molecular complexity index is 586. The Hall–Kier alpha value is -1.83. The molecule has 2 N–H and O–H groups in total. The first-order valence-electron chi connectivity index (χ1n) is 6.30. The molecule has 0 saturated heterocycles. The molecule has 7 heteroatoms. The average molecular weight is 310 g/mol. The van der Waals surface area contributed by atoms with Gasteiger partial charge in [-0.25, -0.2) is 9.37 Å². The molecule has 0 fully saturated rings. The summed E-state index contributed by atoms with van der Waals surface area (Å²) < 4.78 is 17.9. The summed E-state index contributed by atoms with van der Waals surface area (Å²) in [4.78, 5) is 15.7. The van der Waals surface area contributed by atoms with Gasteiger partial charge in [0, 0.05) is 5.38 Å². The molecule has 0 unspecified atom stereocenters. The van der Waals surface area contributed by atoms with Crippen LogP contribution in [0.4, 0.5) is 4.39 Å². The topological polar surface area (TPSA) is 71.5 Å². The number of aliphatic hydroxyl groups is 1. The quantitative estimate of drug-likeness (QED) is 0.815. The minimum Gasteiger partial charge on any atom is -0.389 e. The van der Waals surface area contributed by atoms with Crippen molar-refractivity contribution in [1.82, 2.24) is 10.3 Å². The fourth-order valence-corrected chi connectivity index (χ4v) is 2.24. The molecule has 112 valence electrons. The van der Waals surface area contributed by atoms with Crippen LogP contribution in [0, 0.1) is 5.82 Å². The van der Waals surface area contributed by atoms with E-state index >= 15 is 0 Å². The third-order valence-electron chi connectivity index (χ3n) is 2.62. The zero-order chi connectivity index (χ0) is 15.1. The van der Waals surface area contributed by atoms with E-state index in [-0.39, 0.29) is 31.5 Å². The molecule has 5 nitrogen and oxygen atoms in total. The normalized spacial score (nSPS) is 10.6. The highest BCUT2D eigenvalue weighted by Crippen LogP contribution is 2.09. The molecule has 1 aromatic heterocycles. The number of aliphatic hydroxyl groups excluding tert-OH is 1. The van der Waals surface area contributed by atoms with E-state index in [1.165, 1.54) is 23.5 Å². The van der Waals surface area contributed by atoms with Crippen molar-refractivity contribution in [3.05, 3.63) is 51.7 Å². The predicted octanol–water partition coefficient (Wildman–Crippen LogP) is 1.61. The first-order chi connectivity index (χ1) is 10.2. The number of thiazole rings is 1. The molecule has 21 heavy (non-hydrogen) atoms. The zero-order valence-corrected chi connectivity index (χ0v) is 12.0. The van der Waals surface area contributed by atoms with Crippen molar-refractivity contribution in [3.8, 4) is 0 Å². The van der Waals surface area contributed by atoms with Gasteiger partial charge in [-0.05, 0) is 17.7 Å². The number of halogens is 1. The molecule has 0 aliphatic rings. The molecule has 0 aliphatic carbocycles. The number of carbonyl (C=O) groups is 1. The maximum Gasteiger partial charge on any atom is 0.246 e. The van der Waals surface area contributed by atoms with Crippen LogP contribution in [0.3, 0.4) is 0 Å². The molecular weight excluding hydrogens is 295 g/mol. The second kappa shape index (κ2) is 7.82. The van der Waals surface area contributed by atoms with E-state index in [0.29, 0.717) is 17.2 Å². The zero-order valence-electron chi connectivity index (χ0n) is 11.2. The molecule has 0 bridgehead atoms. The van der Waals surface area contributed by atoms with Crippen molar-refractivity contribution in [2.75, 3.05) is 6.61 Å². The summed E-state index contributed by atoms with van der Waals surface area (Å²) in [6, 6.07) is 5.91. The largest absolute Gasteiger partial charge is 0.389 e. The molecule has 1 heterocycles. The molecule has 1 amide bonds. The van der Waals surface area contributed by atoms with E-state index in [1.807, 2.05) is 0 Å². The monoisotopic (exact) mass is 310 g/mol. The van der Waals surface area contributed by atoms with Crippen LogP contribution < -0.4 is 5.32 Å². The summed E-state index contributed by atoms with van der Waals surface area (Å²) >= 11 is 1.34. The number of nitrogens with one attached hydrogen (secondary N) is 1. The number of nitrogens with zero attached hydrogens (tertiary/aromatic N) is 1. The number of hydrogen-bond donors (Lipinski definition) is 2. The lowest BCUT2D eigenvalue weighted by Gasteiger charge is -2.05. The summed E-state index contributed by atoms with van der Waals surface area (Å²) in [5, 5.41) is 14.0. The Morgan fingerprint density at radius 2 is 2.14 bits per heavy atom. The van der Waals surface area contributed by atoms with Crippen LogP contribution in [0.25, 0.3) is 0 Å². The second-order valence-corrected chi connectivity index (χ2v) is 5.23. The van der Waals surface area contributed by atoms with Gasteiger partial charge in [-0.3, -0.25) is 4.79 Å². The van der Waals surface area contributed by atoms with E-state index in [9.17, 15) is 9.18 Å². The van der Waals surface area contributed by atoms with Crippen LogP contribution in [0.1, 0.15) is 16.3 Å². The molecule has 2 aromatic rings. The van der Waals surface area contributed by atoms with E-state index in [2.05, 4.69) is 10.3 Å². The minimum atomic E-state index is -0.304. The lowest BCUT2D eigenvalue weighted by Crippen LogP contribution is -2.27. The van der Waals surface area contributed by atoms with E-state index in [1.54, 1.807) is 17.5 Å². The number of amides is 1. The van der Waals surface area contributed by atoms with Crippen LogP contribution in [0.2, 0.25) is 0 Å². The van der Waals surface area contributed by atoms with E-state index < -0.39 is 0 Å². The molecule has 0 aliphatic heterocycles. The van der Waals surface area contributed by atoms with Gasteiger partial charge in [-0.15, -0.1) is 11.3 Å². The predicted molar refractivity (Wildman–Crippen MR) is 75.9 cm³/mol. The molecular formula is C14H15FN2O3S. The van der Waals surface area contributed by atoms with Crippen LogP contribution >= 0.6 is 11.3 Å². The molecule has 0 spiro atoms. The van der Waals surface area contributed by atoms with Crippen LogP contribution in [-0.4, -0.2) is 22.6 Å². The summed E-state index contributed by atoms with van der Waals surface area (Å²) in [7, 11) is 0. The standard InChI is InChI=1S/C14H15FN2O3S/c15-11-3-1-10(2-4-11)7-20-8-13(19)16-5-12-9-21-14(6-18)17-12/h1-4,9,18H,5-8H2,(H,16,19). The van der Waals surface area contributed by atoms with Crippen LogP contribution in [0.5, 0.6) is 0 Å². The van der Waals surface area contributed by atoms with Gasteiger partial charge in [0.25, 0.3) is 0 Å². The summed E-state index contributed by atoms with van der Waals surface area (Å²) in [6.07, 6.45) is 0. The Morgan fingerprint density at radius 3 is 2.81 bits per heavy atom. The Kier molecular flexibility index (Phi) is 5.79. The van der Waals surface area contributed by atoms with E-state index in [4.69, 9.17) is 9.84 Å². The average Bonchev–Trinajstić information content (AvgIpc) is 2.95. The number of ether oxygens (including phenoxy) is 1. The van der Waals surface area contributed by atoms with Gasteiger partial charge in [0.2, 0.25) is 5.91 Å². The van der Waals surface area contributed by atoms with E-state index in [0.717, 1.165) is 5.56 Å². The third-order valence-corrected chi connectivity index (χ3v) is 3.50. The van der Waals surface area contributed by atoms with Crippen molar-refractivity contribution in [1.29, 1.82) is 0 Å². The maximum atomic E-state index is 12.7. The number of aromatic nitrogens is 1. The first kappa shape index (κ1) is 15.6. The highest BCUT2D eigenvalue weighted by molar-refractivity contribution is 7.09. The van der Waals surface area contributed by atoms with Gasteiger partial charge in [0.1, 0.15) is 17.4 Å². The lowest BCUT2D eigenvalue weighted by molar-refractivity contribution is -0.126. The van der Waals surface area contributed by atoms with Gasteiger partial charge in [-0.1, -0.05) is 12.1 Å². The minimum absolute atomic E-state index is 0.0750. The van der Waals surface area contributed by atoms with Crippen molar-refractivity contribution >= 4 is 17.2 Å². The lowest BCUT2D eigenvalue weighted by atomic mass is 10.2. The van der Waals surface area contributed by atoms with Crippen molar-refractivity contribution in [3.63, 3.8) is 0 Å². The van der Waals surface area contributed by atoms with Crippen LogP contribution in [0.15, 0.2) is 29.6 Å². The Labute approximate surface area is 125 Å². The molecule has 0 atom stereocenters. The summed E-state index contributed by atoms with van der Waals surface area (Å²) in [5.74, 6) is -0.558. The number of benzene rings is 1. The Balaban J connectivity index is 1.66. The van der Waals surface area contributed by atoms with Gasteiger partial charge in [0.05, 0.1) is 25.5 Å². The molecule has 0 radical (unpaired) electrons. The van der Waals surface area contributed by atoms with Crippen molar-refractivity contribution in [2.24, 2.45) is 0 Å². The SMILES string of the molecule is O=C(COCc1ccc(F)cc1)NCc1csc(CO)n1. The molecule has 2 rings (SSSR count). The van der Waals surface area contributed by atoms with Crippen LogP contribution in [-0.2, 0) is 29.3 Å². The first-order valence-corrected chi connectivity index (χ1v) is 7.18. The maximum absolute atomic E-state index is 12.7. The molecule has 0 saturated carbocycles. The van der Waals surface area contributed by atoms with Crippen molar-refractivity contribution < 1.29 is 19.0 Å². The van der Waals surface area contributed by atoms with Crippen molar-refractivity contribution in [2.45, 2.75) is 19.8 Å². The smallest absolute Gasteiger partial charge is 0.246 e. The second-order valence-electron chi connectivity index (χ2n) is 4.29. The molecule has 1 aromatic carbocycles. The van der Waals surface area contributed by atoms with Gasteiger partial charge >= 0.3 is 0 Å². The number of rotatable bonds is 7. The van der Waals surface area contributed by atoms with Gasteiger partial charge < -0.3 is 15.2 Å². The Morgan fingerprint density at radius 1 is 1.38 bits per heavy atom. The third kappa shape index (κ3) is 5.22. The highest BCUT2D eigenvalue weighted by atomic mass is 32.1. The summed E-state index contributed by atoms with van der Waals surface area (Å²) in [5.41, 5.74) is 1.51. The number of carbonyl (C=O) groups excluding carboxylic acids is 1. The fraction of sp³-hybridized carbons (Fsp3) is 0.286. The van der Waals surface area contributed by atoms with Gasteiger partial charge in [-0.2, -0.15) is 0 Å². The number of hydrogen-bond acceptors (Lipinski definition) is 5. The van der Waals surface area contributed by atoms with Gasteiger partial charge in [0.15, 0.2) is 0 Å². The fourth-order valence-electron chi connectivity index (χ4n) is 1.59.